The van der Waals surface area contributed by atoms with Gasteiger partial charge >= 0.3 is 6.09 Å². The smallest absolute Gasteiger partial charge is 0.407 e. The fourth-order valence-corrected chi connectivity index (χ4v) is 4.22. The highest BCUT2D eigenvalue weighted by molar-refractivity contribution is 5.79. The van der Waals surface area contributed by atoms with Gasteiger partial charge in [-0.15, -0.1) is 0 Å². The first-order chi connectivity index (χ1) is 19.8. The summed E-state index contributed by atoms with van der Waals surface area (Å²) in [4.78, 5) is 12.2. The Labute approximate surface area is 237 Å². The molecule has 0 fully saturated rings. The average molecular weight is 562 g/mol. The third kappa shape index (κ3) is 11.9. The molecule has 0 heterocycles. The lowest BCUT2D eigenvalue weighted by molar-refractivity contribution is -0.0189. The molecule has 0 bridgehead atoms. The van der Waals surface area contributed by atoms with Crippen molar-refractivity contribution in [2.45, 2.75) is 5.92 Å². The van der Waals surface area contributed by atoms with Crippen molar-refractivity contribution < 1.29 is 42.7 Å². The zero-order valence-corrected chi connectivity index (χ0v) is 23.5. The third-order valence-corrected chi connectivity index (χ3v) is 6.15. The largest absolute Gasteiger partial charge is 0.449 e. The number of ether oxygens (including phenoxy) is 8. The van der Waals surface area contributed by atoms with Crippen LogP contribution in [0.2, 0.25) is 0 Å². The summed E-state index contributed by atoms with van der Waals surface area (Å²) in [5, 5.41) is 2.74. The zero-order chi connectivity index (χ0) is 28.1. The predicted octanol–water partition coefficient (Wildman–Crippen LogP) is 3.27. The van der Waals surface area contributed by atoms with E-state index in [1.807, 2.05) is 24.3 Å². The molecule has 0 aliphatic heterocycles. The van der Waals surface area contributed by atoms with E-state index in [4.69, 9.17) is 37.9 Å². The predicted molar refractivity (Wildman–Crippen MR) is 150 cm³/mol. The van der Waals surface area contributed by atoms with E-state index in [2.05, 4.69) is 29.6 Å². The standard InChI is InChI=1S/C30H43NO9/c1-33-12-13-35-16-17-37-20-21-39-23-22-38-19-18-36-15-14-34-11-10-31-30(32)40-24-29-27-8-4-2-6-25(27)26-7-3-5-9-28(26)29/h2-9,29H,10-24H2,1H3,(H,31,32). The first-order valence-electron chi connectivity index (χ1n) is 13.9. The summed E-state index contributed by atoms with van der Waals surface area (Å²) < 4.78 is 43.0. The molecule has 2 aromatic carbocycles. The second-order valence-electron chi connectivity index (χ2n) is 8.92. The van der Waals surface area contributed by atoms with Crippen LogP contribution in [0.1, 0.15) is 17.0 Å². The van der Waals surface area contributed by atoms with Gasteiger partial charge in [-0.25, -0.2) is 4.79 Å². The van der Waals surface area contributed by atoms with Crippen LogP contribution in [0.25, 0.3) is 11.1 Å². The monoisotopic (exact) mass is 561 g/mol. The Morgan fingerprint density at radius 1 is 0.600 bits per heavy atom. The van der Waals surface area contributed by atoms with Gasteiger partial charge in [0.25, 0.3) is 0 Å². The molecule has 0 aromatic heterocycles. The van der Waals surface area contributed by atoms with Gasteiger partial charge in [-0.1, -0.05) is 48.5 Å². The molecule has 1 amide bonds. The van der Waals surface area contributed by atoms with E-state index in [-0.39, 0.29) is 5.92 Å². The molecule has 0 unspecified atom stereocenters. The lowest BCUT2D eigenvalue weighted by Gasteiger charge is -2.14. The van der Waals surface area contributed by atoms with Crippen LogP contribution in [0.3, 0.4) is 0 Å². The average Bonchev–Trinajstić information content (AvgIpc) is 3.30. The molecule has 1 N–H and O–H groups in total. The highest BCUT2D eigenvalue weighted by Crippen LogP contribution is 2.44. The maximum atomic E-state index is 12.2. The second-order valence-corrected chi connectivity index (χ2v) is 8.92. The fourth-order valence-electron chi connectivity index (χ4n) is 4.22. The number of alkyl carbamates (subject to hydrolysis) is 1. The van der Waals surface area contributed by atoms with Gasteiger partial charge in [0.05, 0.1) is 85.9 Å². The van der Waals surface area contributed by atoms with Crippen LogP contribution >= 0.6 is 0 Å². The minimum atomic E-state index is -0.446. The minimum Gasteiger partial charge on any atom is -0.449 e. The van der Waals surface area contributed by atoms with E-state index in [0.717, 1.165) is 0 Å². The van der Waals surface area contributed by atoms with Crippen molar-refractivity contribution in [2.75, 3.05) is 106 Å². The summed E-state index contributed by atoms with van der Waals surface area (Å²) in [6.45, 7) is 7.22. The van der Waals surface area contributed by atoms with Crippen LogP contribution in [-0.4, -0.2) is 112 Å². The molecule has 1 aliphatic carbocycles. The molecule has 0 saturated heterocycles. The Morgan fingerprint density at radius 3 is 1.45 bits per heavy atom. The van der Waals surface area contributed by atoms with E-state index in [9.17, 15) is 4.79 Å². The number of benzene rings is 2. The van der Waals surface area contributed by atoms with Crippen molar-refractivity contribution in [2.24, 2.45) is 0 Å². The van der Waals surface area contributed by atoms with Crippen LogP contribution in [0, 0.1) is 0 Å². The summed E-state index contributed by atoms with van der Waals surface area (Å²) in [6, 6.07) is 16.5. The molecular formula is C30H43NO9. The Kier molecular flexibility index (Phi) is 16.2. The molecule has 1 aliphatic rings. The summed E-state index contributed by atoms with van der Waals surface area (Å²) in [6.07, 6.45) is -0.446. The molecule has 0 radical (unpaired) electrons. The molecule has 2 aromatic rings. The summed E-state index contributed by atoms with van der Waals surface area (Å²) in [5.74, 6) is 0.0464. The number of methoxy groups -OCH3 is 1. The quantitative estimate of drug-likeness (QED) is 0.205. The Hall–Kier alpha value is -2.57. The van der Waals surface area contributed by atoms with Gasteiger partial charge in [-0.05, 0) is 22.3 Å². The van der Waals surface area contributed by atoms with Crippen molar-refractivity contribution >= 4 is 6.09 Å². The van der Waals surface area contributed by atoms with Gasteiger partial charge in [-0.2, -0.15) is 0 Å². The highest BCUT2D eigenvalue weighted by atomic mass is 16.6. The third-order valence-electron chi connectivity index (χ3n) is 6.15. The zero-order valence-electron chi connectivity index (χ0n) is 23.5. The number of carbonyl (C=O) groups is 1. The van der Waals surface area contributed by atoms with Gasteiger partial charge in [0.15, 0.2) is 0 Å². The van der Waals surface area contributed by atoms with Crippen LogP contribution in [0.15, 0.2) is 48.5 Å². The fraction of sp³-hybridized carbons (Fsp3) is 0.567. The van der Waals surface area contributed by atoms with Gasteiger partial charge in [-0.3, -0.25) is 0 Å². The van der Waals surface area contributed by atoms with Crippen molar-refractivity contribution in [1.29, 1.82) is 0 Å². The van der Waals surface area contributed by atoms with Crippen molar-refractivity contribution in [1.82, 2.24) is 5.32 Å². The molecular weight excluding hydrogens is 518 g/mol. The molecule has 0 spiro atoms. The minimum absolute atomic E-state index is 0.0464. The molecule has 40 heavy (non-hydrogen) atoms. The molecule has 0 atom stereocenters. The van der Waals surface area contributed by atoms with Crippen molar-refractivity contribution in [3.8, 4) is 11.1 Å². The van der Waals surface area contributed by atoms with E-state index in [0.29, 0.717) is 99.0 Å². The first kappa shape index (κ1) is 32.0. The van der Waals surface area contributed by atoms with E-state index < -0.39 is 6.09 Å². The molecule has 3 rings (SSSR count). The van der Waals surface area contributed by atoms with Gasteiger partial charge in [0.2, 0.25) is 0 Å². The Bertz CT molecular complexity index is 913. The summed E-state index contributed by atoms with van der Waals surface area (Å²) in [5.41, 5.74) is 4.79. The van der Waals surface area contributed by atoms with E-state index >= 15 is 0 Å². The molecule has 10 nitrogen and oxygen atoms in total. The summed E-state index contributed by atoms with van der Waals surface area (Å²) in [7, 11) is 1.64. The van der Waals surface area contributed by atoms with E-state index in [1.54, 1.807) is 7.11 Å². The second kappa shape index (κ2) is 20.3. The number of amides is 1. The van der Waals surface area contributed by atoms with E-state index in [1.165, 1.54) is 22.3 Å². The van der Waals surface area contributed by atoms with Gasteiger partial charge < -0.3 is 43.2 Å². The number of carbonyl (C=O) groups excluding carboxylic acids is 1. The Balaban J connectivity index is 1.07. The topological polar surface area (TPSA) is 103 Å². The summed E-state index contributed by atoms with van der Waals surface area (Å²) >= 11 is 0. The van der Waals surface area contributed by atoms with Crippen molar-refractivity contribution in [3.63, 3.8) is 0 Å². The van der Waals surface area contributed by atoms with Crippen LogP contribution in [0.5, 0.6) is 0 Å². The number of rotatable bonds is 23. The number of nitrogens with one attached hydrogen (secondary N) is 1. The van der Waals surface area contributed by atoms with Crippen LogP contribution in [-0.2, 0) is 37.9 Å². The highest BCUT2D eigenvalue weighted by Gasteiger charge is 2.28. The lowest BCUT2D eigenvalue weighted by Crippen LogP contribution is -2.29. The number of hydrogen-bond donors (Lipinski definition) is 1. The molecule has 10 heteroatoms. The normalized spacial score (nSPS) is 12.3. The van der Waals surface area contributed by atoms with Gasteiger partial charge in [0.1, 0.15) is 6.61 Å². The van der Waals surface area contributed by atoms with Crippen molar-refractivity contribution in [3.05, 3.63) is 59.7 Å². The van der Waals surface area contributed by atoms with Gasteiger partial charge in [0, 0.05) is 19.6 Å². The van der Waals surface area contributed by atoms with Crippen LogP contribution < -0.4 is 5.32 Å². The first-order valence-corrected chi connectivity index (χ1v) is 13.9. The number of hydrogen-bond acceptors (Lipinski definition) is 9. The SMILES string of the molecule is COCCOCCOCCOCCOCCOCCOCCNC(=O)OCC1c2ccccc2-c2ccccc21. The molecule has 0 saturated carbocycles. The Morgan fingerprint density at radius 2 is 1.00 bits per heavy atom. The number of fused-ring (bicyclic) bond motifs is 3. The lowest BCUT2D eigenvalue weighted by atomic mass is 9.98. The van der Waals surface area contributed by atoms with Crippen LogP contribution in [0.4, 0.5) is 4.79 Å². The maximum Gasteiger partial charge on any atom is 0.407 e. The molecule has 222 valence electrons. The maximum absolute atomic E-state index is 12.2.